The van der Waals surface area contributed by atoms with Crippen LogP contribution in [0.25, 0.3) is 0 Å². The van der Waals surface area contributed by atoms with E-state index in [0.717, 1.165) is 58.2 Å². The SMILES string of the molecule is COC1[C@@H]2CC[C@H]1CN(Cc1cccc(OCCCN3CCOCC3)c1)C2. The minimum Gasteiger partial charge on any atom is -0.494 e. The van der Waals surface area contributed by atoms with Crippen LogP contribution in [0.3, 0.4) is 0 Å². The van der Waals surface area contributed by atoms with Crippen LogP contribution < -0.4 is 4.74 Å². The Labute approximate surface area is 163 Å². The molecule has 3 aliphatic rings. The molecule has 5 nitrogen and oxygen atoms in total. The highest BCUT2D eigenvalue weighted by molar-refractivity contribution is 5.28. The maximum Gasteiger partial charge on any atom is 0.119 e. The first-order valence-electron chi connectivity index (χ1n) is 10.6. The molecular weight excluding hydrogens is 340 g/mol. The summed E-state index contributed by atoms with van der Waals surface area (Å²) in [4.78, 5) is 5.07. The molecule has 2 aliphatic heterocycles. The molecule has 2 bridgehead atoms. The highest BCUT2D eigenvalue weighted by Gasteiger charge is 2.41. The number of methoxy groups -OCH3 is 1. The lowest BCUT2D eigenvalue weighted by atomic mass is 9.94. The quantitative estimate of drug-likeness (QED) is 0.654. The molecule has 0 amide bonds. The summed E-state index contributed by atoms with van der Waals surface area (Å²) in [7, 11) is 1.88. The van der Waals surface area contributed by atoms with Crippen LogP contribution in [0.2, 0.25) is 0 Å². The summed E-state index contributed by atoms with van der Waals surface area (Å²) in [6.45, 7) is 9.07. The Bertz CT molecular complexity index is 577. The summed E-state index contributed by atoms with van der Waals surface area (Å²) in [5.41, 5.74) is 1.36. The standard InChI is InChI=1S/C22H34N2O3/c1-25-22-19-6-7-20(22)17-24(16-19)15-18-4-2-5-21(14-18)27-11-3-8-23-9-12-26-13-10-23/h2,4-5,14,19-20,22H,3,6-13,15-17H2,1H3/t19-,20+,22?. The van der Waals surface area contributed by atoms with E-state index < -0.39 is 0 Å². The van der Waals surface area contributed by atoms with Crippen LogP contribution in [-0.4, -0.2) is 75.6 Å². The van der Waals surface area contributed by atoms with E-state index in [0.29, 0.717) is 17.9 Å². The molecule has 27 heavy (non-hydrogen) atoms. The van der Waals surface area contributed by atoms with Gasteiger partial charge in [0, 0.05) is 46.4 Å². The van der Waals surface area contributed by atoms with Crippen molar-refractivity contribution in [3.63, 3.8) is 0 Å². The molecule has 1 aromatic rings. The molecule has 1 saturated carbocycles. The van der Waals surface area contributed by atoms with Crippen molar-refractivity contribution < 1.29 is 14.2 Å². The maximum absolute atomic E-state index is 6.02. The van der Waals surface area contributed by atoms with E-state index in [-0.39, 0.29) is 0 Å². The monoisotopic (exact) mass is 374 g/mol. The van der Waals surface area contributed by atoms with E-state index in [9.17, 15) is 0 Å². The number of hydrogen-bond donors (Lipinski definition) is 0. The summed E-state index contributed by atoms with van der Waals surface area (Å²) in [5.74, 6) is 2.44. The van der Waals surface area contributed by atoms with Gasteiger partial charge in [-0.05, 0) is 48.8 Å². The van der Waals surface area contributed by atoms with Gasteiger partial charge in [0.1, 0.15) is 5.75 Å². The molecule has 1 aromatic carbocycles. The van der Waals surface area contributed by atoms with Crippen LogP contribution in [0.1, 0.15) is 24.8 Å². The van der Waals surface area contributed by atoms with E-state index in [4.69, 9.17) is 14.2 Å². The Hall–Kier alpha value is -1.14. The smallest absolute Gasteiger partial charge is 0.119 e. The summed E-state index contributed by atoms with van der Waals surface area (Å²) in [6.07, 6.45) is 4.21. The third-order valence-corrected chi connectivity index (χ3v) is 6.39. The molecule has 0 radical (unpaired) electrons. The van der Waals surface area contributed by atoms with Gasteiger partial charge in [0.05, 0.1) is 25.9 Å². The second-order valence-corrected chi connectivity index (χ2v) is 8.30. The van der Waals surface area contributed by atoms with Crippen LogP contribution in [0.15, 0.2) is 24.3 Å². The van der Waals surface area contributed by atoms with Crippen molar-refractivity contribution in [2.45, 2.75) is 31.9 Å². The second-order valence-electron chi connectivity index (χ2n) is 8.30. The zero-order chi connectivity index (χ0) is 18.5. The zero-order valence-electron chi connectivity index (χ0n) is 16.6. The van der Waals surface area contributed by atoms with E-state index in [2.05, 4.69) is 34.1 Å². The molecule has 2 saturated heterocycles. The zero-order valence-corrected chi connectivity index (χ0v) is 16.6. The molecule has 3 fully saturated rings. The molecular formula is C22H34N2O3. The van der Waals surface area contributed by atoms with Crippen LogP contribution in [0.5, 0.6) is 5.75 Å². The lowest BCUT2D eigenvalue weighted by Crippen LogP contribution is -2.45. The lowest BCUT2D eigenvalue weighted by Gasteiger charge is -2.37. The molecule has 4 rings (SSSR count). The predicted octanol–water partition coefficient (Wildman–Crippen LogP) is 2.64. The molecule has 0 N–H and O–H groups in total. The molecule has 5 heteroatoms. The van der Waals surface area contributed by atoms with Gasteiger partial charge in [-0.1, -0.05) is 12.1 Å². The number of rotatable bonds is 8. The van der Waals surface area contributed by atoms with Crippen molar-refractivity contribution in [2.24, 2.45) is 11.8 Å². The third-order valence-electron chi connectivity index (χ3n) is 6.39. The van der Waals surface area contributed by atoms with Crippen LogP contribution in [0.4, 0.5) is 0 Å². The van der Waals surface area contributed by atoms with Gasteiger partial charge in [-0.2, -0.15) is 0 Å². The molecule has 0 aromatic heterocycles. The molecule has 150 valence electrons. The average molecular weight is 375 g/mol. The Morgan fingerprint density at radius 2 is 1.85 bits per heavy atom. The summed E-state index contributed by atoms with van der Waals surface area (Å²) in [6, 6.07) is 8.66. The fraction of sp³-hybridized carbons (Fsp3) is 0.727. The van der Waals surface area contributed by atoms with Gasteiger partial charge in [0.2, 0.25) is 0 Å². The predicted molar refractivity (Wildman–Crippen MR) is 106 cm³/mol. The highest BCUT2D eigenvalue weighted by Crippen LogP contribution is 2.39. The Morgan fingerprint density at radius 1 is 1.07 bits per heavy atom. The first-order chi connectivity index (χ1) is 13.3. The fourth-order valence-corrected chi connectivity index (χ4v) is 5.08. The fourth-order valence-electron chi connectivity index (χ4n) is 5.08. The van der Waals surface area contributed by atoms with Crippen LogP contribution >= 0.6 is 0 Å². The van der Waals surface area contributed by atoms with Gasteiger partial charge in [-0.15, -0.1) is 0 Å². The topological polar surface area (TPSA) is 34.2 Å². The summed E-state index contributed by atoms with van der Waals surface area (Å²) in [5, 5.41) is 0. The first kappa shape index (κ1) is 19.2. The number of hydrogen-bond acceptors (Lipinski definition) is 5. The number of ether oxygens (including phenoxy) is 3. The second kappa shape index (κ2) is 9.37. The molecule has 1 aliphatic carbocycles. The van der Waals surface area contributed by atoms with Gasteiger partial charge in [-0.25, -0.2) is 0 Å². The maximum atomic E-state index is 6.02. The minimum atomic E-state index is 0.488. The Kier molecular flexibility index (Phi) is 6.66. The van der Waals surface area contributed by atoms with Crippen molar-refractivity contribution in [1.29, 1.82) is 0 Å². The first-order valence-corrected chi connectivity index (χ1v) is 10.6. The molecule has 2 heterocycles. The number of nitrogens with zero attached hydrogens (tertiary/aromatic N) is 2. The molecule has 1 unspecified atom stereocenters. The van der Waals surface area contributed by atoms with E-state index >= 15 is 0 Å². The lowest BCUT2D eigenvalue weighted by molar-refractivity contribution is -0.0180. The van der Waals surface area contributed by atoms with Gasteiger partial charge in [-0.3, -0.25) is 9.80 Å². The van der Waals surface area contributed by atoms with Crippen molar-refractivity contribution in [3.05, 3.63) is 29.8 Å². The number of piperidine rings is 1. The van der Waals surface area contributed by atoms with Crippen molar-refractivity contribution in [2.75, 3.05) is 59.7 Å². The number of likely N-dealkylation sites (tertiary alicyclic amines) is 1. The summed E-state index contributed by atoms with van der Waals surface area (Å²) >= 11 is 0. The normalized spacial score (nSPS) is 29.1. The minimum absolute atomic E-state index is 0.488. The third kappa shape index (κ3) is 5.02. The van der Waals surface area contributed by atoms with Crippen LogP contribution in [0, 0.1) is 11.8 Å². The highest BCUT2D eigenvalue weighted by atomic mass is 16.5. The Morgan fingerprint density at radius 3 is 2.59 bits per heavy atom. The molecule has 3 atom stereocenters. The van der Waals surface area contributed by atoms with Crippen LogP contribution in [-0.2, 0) is 16.0 Å². The molecule has 0 spiro atoms. The van der Waals surface area contributed by atoms with E-state index in [1.165, 1.54) is 31.5 Å². The largest absolute Gasteiger partial charge is 0.494 e. The average Bonchev–Trinajstić information content (AvgIpc) is 2.95. The van der Waals surface area contributed by atoms with Crippen molar-refractivity contribution >= 4 is 0 Å². The Balaban J connectivity index is 1.22. The number of benzene rings is 1. The van der Waals surface area contributed by atoms with E-state index in [1.54, 1.807) is 0 Å². The van der Waals surface area contributed by atoms with Crippen molar-refractivity contribution in [1.82, 2.24) is 9.80 Å². The van der Waals surface area contributed by atoms with Gasteiger partial charge < -0.3 is 14.2 Å². The van der Waals surface area contributed by atoms with E-state index in [1.807, 2.05) is 7.11 Å². The van der Waals surface area contributed by atoms with Gasteiger partial charge in [0.15, 0.2) is 0 Å². The number of fused-ring (bicyclic) bond motifs is 2. The van der Waals surface area contributed by atoms with Gasteiger partial charge >= 0.3 is 0 Å². The van der Waals surface area contributed by atoms with Gasteiger partial charge in [0.25, 0.3) is 0 Å². The summed E-state index contributed by atoms with van der Waals surface area (Å²) < 4.78 is 17.2. The number of morpholine rings is 1. The van der Waals surface area contributed by atoms with Crippen molar-refractivity contribution in [3.8, 4) is 5.75 Å².